The minimum atomic E-state index is -0.0991. The zero-order valence-corrected chi connectivity index (χ0v) is 12.5. The number of aryl methyl sites for hydroxylation is 1. The van der Waals surface area contributed by atoms with Crippen molar-refractivity contribution in [1.29, 1.82) is 0 Å². The second-order valence-corrected chi connectivity index (χ2v) is 5.70. The molecule has 0 fully saturated rings. The second-order valence-electron chi connectivity index (χ2n) is 4.38. The van der Waals surface area contributed by atoms with Gasteiger partial charge in [0.1, 0.15) is 5.82 Å². The quantitative estimate of drug-likeness (QED) is 0.858. The van der Waals surface area contributed by atoms with Crippen LogP contribution in [0.25, 0.3) is 0 Å². The molecular formula is C14H18N4OS. The molecule has 0 saturated heterocycles. The highest BCUT2D eigenvalue weighted by Gasteiger charge is 2.07. The van der Waals surface area contributed by atoms with Gasteiger partial charge in [-0.1, -0.05) is 6.92 Å². The van der Waals surface area contributed by atoms with Crippen molar-refractivity contribution in [2.24, 2.45) is 0 Å². The van der Waals surface area contributed by atoms with Gasteiger partial charge in [0.2, 0.25) is 0 Å². The average Bonchev–Trinajstić information content (AvgIpc) is 2.88. The van der Waals surface area contributed by atoms with Crippen LogP contribution in [0.3, 0.4) is 0 Å². The van der Waals surface area contributed by atoms with E-state index in [2.05, 4.69) is 27.5 Å². The maximum Gasteiger partial charge on any atom is 0.251 e. The highest BCUT2D eigenvalue weighted by Crippen LogP contribution is 2.12. The fourth-order valence-corrected chi connectivity index (χ4v) is 2.41. The van der Waals surface area contributed by atoms with E-state index in [1.807, 2.05) is 6.92 Å². The SMILES string of the molecule is CCCNc1cc(C(=O)NCc2cnc(C)s2)ccn1. The van der Waals surface area contributed by atoms with Gasteiger partial charge in [0.05, 0.1) is 11.6 Å². The number of thiazole rings is 1. The van der Waals surface area contributed by atoms with Crippen molar-refractivity contribution >= 4 is 23.1 Å². The minimum Gasteiger partial charge on any atom is -0.370 e. The lowest BCUT2D eigenvalue weighted by atomic mass is 10.2. The van der Waals surface area contributed by atoms with Gasteiger partial charge in [0.25, 0.3) is 5.91 Å². The predicted octanol–water partition coefficient (Wildman–Crippen LogP) is 2.60. The number of rotatable bonds is 6. The number of nitrogens with one attached hydrogen (secondary N) is 2. The number of hydrogen-bond acceptors (Lipinski definition) is 5. The first-order valence-corrected chi connectivity index (χ1v) is 7.40. The van der Waals surface area contributed by atoms with E-state index >= 15 is 0 Å². The summed E-state index contributed by atoms with van der Waals surface area (Å²) in [4.78, 5) is 21.5. The molecule has 2 aromatic rings. The highest BCUT2D eigenvalue weighted by molar-refractivity contribution is 7.11. The van der Waals surface area contributed by atoms with E-state index < -0.39 is 0 Å². The summed E-state index contributed by atoms with van der Waals surface area (Å²) in [5.74, 6) is 0.631. The summed E-state index contributed by atoms with van der Waals surface area (Å²) in [6.07, 6.45) is 4.45. The molecule has 0 aliphatic rings. The van der Waals surface area contributed by atoms with Crippen LogP contribution in [0.1, 0.15) is 33.6 Å². The van der Waals surface area contributed by atoms with Crippen molar-refractivity contribution in [3.8, 4) is 0 Å². The Morgan fingerprint density at radius 1 is 1.40 bits per heavy atom. The maximum absolute atomic E-state index is 12.1. The van der Waals surface area contributed by atoms with E-state index in [-0.39, 0.29) is 5.91 Å². The van der Waals surface area contributed by atoms with Gasteiger partial charge in [-0.15, -0.1) is 11.3 Å². The number of amides is 1. The van der Waals surface area contributed by atoms with Crippen LogP contribution in [0.5, 0.6) is 0 Å². The Morgan fingerprint density at radius 2 is 2.25 bits per heavy atom. The zero-order chi connectivity index (χ0) is 14.4. The lowest BCUT2D eigenvalue weighted by molar-refractivity contribution is 0.0951. The molecule has 0 aliphatic carbocycles. The van der Waals surface area contributed by atoms with Crippen molar-refractivity contribution in [2.75, 3.05) is 11.9 Å². The lowest BCUT2D eigenvalue weighted by Gasteiger charge is -2.06. The van der Waals surface area contributed by atoms with Crippen LogP contribution in [0.15, 0.2) is 24.5 Å². The van der Waals surface area contributed by atoms with E-state index in [9.17, 15) is 4.79 Å². The van der Waals surface area contributed by atoms with Gasteiger partial charge in [0.15, 0.2) is 0 Å². The van der Waals surface area contributed by atoms with Gasteiger partial charge < -0.3 is 10.6 Å². The van der Waals surface area contributed by atoms with Gasteiger partial charge in [-0.25, -0.2) is 9.97 Å². The number of nitrogens with zero attached hydrogens (tertiary/aromatic N) is 2. The van der Waals surface area contributed by atoms with E-state index in [0.717, 1.165) is 28.7 Å². The van der Waals surface area contributed by atoms with Gasteiger partial charge in [-0.3, -0.25) is 4.79 Å². The summed E-state index contributed by atoms with van der Waals surface area (Å²) in [6.45, 7) is 5.38. The third kappa shape index (κ3) is 4.03. The van der Waals surface area contributed by atoms with Gasteiger partial charge in [-0.2, -0.15) is 0 Å². The molecule has 2 aromatic heterocycles. The van der Waals surface area contributed by atoms with Crippen molar-refractivity contribution in [2.45, 2.75) is 26.8 Å². The average molecular weight is 290 g/mol. The largest absolute Gasteiger partial charge is 0.370 e. The Morgan fingerprint density at radius 3 is 2.95 bits per heavy atom. The van der Waals surface area contributed by atoms with Crippen LogP contribution < -0.4 is 10.6 Å². The molecule has 0 atom stereocenters. The number of hydrogen-bond donors (Lipinski definition) is 2. The van der Waals surface area contributed by atoms with E-state index in [1.54, 1.807) is 35.9 Å². The predicted molar refractivity (Wildman–Crippen MR) is 81.0 cm³/mol. The van der Waals surface area contributed by atoms with E-state index in [1.165, 1.54) is 0 Å². The van der Waals surface area contributed by atoms with Crippen LogP contribution in [-0.4, -0.2) is 22.4 Å². The summed E-state index contributed by atoms with van der Waals surface area (Å²) in [7, 11) is 0. The van der Waals surface area contributed by atoms with Crippen LogP contribution in [0.4, 0.5) is 5.82 Å². The van der Waals surface area contributed by atoms with Crippen molar-refractivity contribution < 1.29 is 4.79 Å². The Balaban J connectivity index is 1.94. The molecule has 0 spiro atoms. The van der Waals surface area contributed by atoms with Crippen molar-refractivity contribution in [3.63, 3.8) is 0 Å². The third-order valence-electron chi connectivity index (χ3n) is 2.67. The summed E-state index contributed by atoms with van der Waals surface area (Å²) in [5.41, 5.74) is 0.611. The molecule has 2 N–H and O–H groups in total. The van der Waals surface area contributed by atoms with Crippen LogP contribution in [0.2, 0.25) is 0 Å². The molecule has 0 bridgehead atoms. The van der Waals surface area contributed by atoms with Crippen LogP contribution >= 0.6 is 11.3 Å². The topological polar surface area (TPSA) is 66.9 Å². The minimum absolute atomic E-state index is 0.0991. The Bertz CT molecular complexity index is 582. The summed E-state index contributed by atoms with van der Waals surface area (Å²) >= 11 is 1.59. The monoisotopic (exact) mass is 290 g/mol. The lowest BCUT2D eigenvalue weighted by Crippen LogP contribution is -2.22. The van der Waals surface area contributed by atoms with Gasteiger partial charge >= 0.3 is 0 Å². The molecule has 6 heteroatoms. The molecular weight excluding hydrogens is 272 g/mol. The molecule has 0 radical (unpaired) electrons. The molecule has 2 rings (SSSR count). The zero-order valence-electron chi connectivity index (χ0n) is 11.6. The molecule has 1 amide bonds. The number of anilines is 1. The first-order valence-electron chi connectivity index (χ1n) is 6.58. The number of carbonyl (C=O) groups is 1. The number of aromatic nitrogens is 2. The first-order chi connectivity index (χ1) is 9.69. The Kier molecular flexibility index (Phi) is 5.06. The van der Waals surface area contributed by atoms with Crippen molar-refractivity contribution in [1.82, 2.24) is 15.3 Å². The fraction of sp³-hybridized carbons (Fsp3) is 0.357. The smallest absolute Gasteiger partial charge is 0.251 e. The molecule has 106 valence electrons. The summed E-state index contributed by atoms with van der Waals surface area (Å²) in [6, 6.07) is 3.48. The van der Waals surface area contributed by atoms with Crippen LogP contribution in [0, 0.1) is 6.92 Å². The van der Waals surface area contributed by atoms with Gasteiger partial charge in [-0.05, 0) is 25.5 Å². The molecule has 0 saturated carbocycles. The Hall–Kier alpha value is -1.95. The summed E-state index contributed by atoms with van der Waals surface area (Å²) in [5, 5.41) is 7.06. The van der Waals surface area contributed by atoms with Crippen molar-refractivity contribution in [3.05, 3.63) is 40.0 Å². The maximum atomic E-state index is 12.1. The fourth-order valence-electron chi connectivity index (χ4n) is 1.68. The van der Waals surface area contributed by atoms with Crippen LogP contribution in [-0.2, 0) is 6.54 Å². The standard InChI is InChI=1S/C14H18N4OS/c1-3-5-15-13-7-11(4-6-16-13)14(19)18-9-12-8-17-10(2)20-12/h4,6-8H,3,5,9H2,1-2H3,(H,15,16)(H,18,19). The molecule has 0 aliphatic heterocycles. The highest BCUT2D eigenvalue weighted by atomic mass is 32.1. The molecule has 2 heterocycles. The van der Waals surface area contributed by atoms with Gasteiger partial charge in [0, 0.05) is 29.4 Å². The summed E-state index contributed by atoms with van der Waals surface area (Å²) < 4.78 is 0. The molecule has 20 heavy (non-hydrogen) atoms. The number of pyridine rings is 1. The second kappa shape index (κ2) is 7.00. The number of carbonyl (C=O) groups excluding carboxylic acids is 1. The normalized spacial score (nSPS) is 10.3. The molecule has 0 unspecified atom stereocenters. The first kappa shape index (κ1) is 14.5. The molecule has 0 aromatic carbocycles. The third-order valence-corrected chi connectivity index (χ3v) is 3.58. The molecule has 5 nitrogen and oxygen atoms in total. The van der Waals surface area contributed by atoms with E-state index in [0.29, 0.717) is 12.1 Å². The Labute approximate surface area is 122 Å². The van der Waals surface area contributed by atoms with E-state index in [4.69, 9.17) is 0 Å².